The molecule has 62 valence electrons. The predicted octanol–water partition coefficient (Wildman–Crippen LogP) is 1.34. The van der Waals surface area contributed by atoms with Crippen molar-refractivity contribution >= 4 is 0 Å². The number of nitriles is 1. The van der Waals surface area contributed by atoms with Crippen molar-refractivity contribution in [1.29, 1.82) is 5.26 Å². The topological polar surface area (TPSA) is 65.4 Å². The molecule has 0 spiro atoms. The van der Waals surface area contributed by atoms with E-state index in [9.17, 15) is 0 Å². The number of hydrogen-bond acceptors (Lipinski definition) is 3. The maximum atomic E-state index is 8.74. The Hall–Kier alpha value is -2.15. The van der Waals surface area contributed by atoms with E-state index >= 15 is 0 Å². The third-order valence-corrected chi connectivity index (χ3v) is 1.73. The van der Waals surface area contributed by atoms with Crippen molar-refractivity contribution in [2.45, 2.75) is 0 Å². The Morgan fingerprint density at radius 1 is 1.31 bits per heavy atom. The van der Waals surface area contributed by atoms with Crippen LogP contribution in [-0.2, 0) is 0 Å². The van der Waals surface area contributed by atoms with Crippen LogP contribution in [0.4, 0.5) is 0 Å². The summed E-state index contributed by atoms with van der Waals surface area (Å²) in [6.45, 7) is 0. The van der Waals surface area contributed by atoms with Gasteiger partial charge in [-0.25, -0.2) is 0 Å². The van der Waals surface area contributed by atoms with Crippen LogP contribution in [0.5, 0.6) is 0 Å². The van der Waals surface area contributed by atoms with Crippen molar-refractivity contribution in [3.8, 4) is 17.3 Å². The highest BCUT2D eigenvalue weighted by Gasteiger charge is 2.05. The molecule has 0 aliphatic rings. The van der Waals surface area contributed by atoms with Gasteiger partial charge in [0.25, 0.3) is 0 Å². The standard InChI is InChI=1S/C9H6N4/c10-5-8-6-12-13-9(8)7-1-3-11-4-2-7/h1-4,6H,(H,12,13). The van der Waals surface area contributed by atoms with Crippen LogP contribution < -0.4 is 0 Å². The summed E-state index contributed by atoms with van der Waals surface area (Å²) in [5.41, 5.74) is 2.21. The number of aromatic amines is 1. The molecule has 2 aromatic heterocycles. The Balaban J connectivity index is 2.54. The molecule has 2 aromatic rings. The van der Waals surface area contributed by atoms with Crippen LogP contribution in [0.2, 0.25) is 0 Å². The highest BCUT2D eigenvalue weighted by Crippen LogP contribution is 2.18. The maximum Gasteiger partial charge on any atom is 0.103 e. The van der Waals surface area contributed by atoms with Gasteiger partial charge in [-0.15, -0.1) is 0 Å². The number of hydrogen-bond donors (Lipinski definition) is 1. The zero-order valence-corrected chi connectivity index (χ0v) is 6.73. The number of H-pyrrole nitrogens is 1. The van der Waals surface area contributed by atoms with Gasteiger partial charge < -0.3 is 0 Å². The minimum absolute atomic E-state index is 0.547. The molecule has 13 heavy (non-hydrogen) atoms. The molecule has 0 atom stereocenters. The summed E-state index contributed by atoms with van der Waals surface area (Å²) in [7, 11) is 0. The molecule has 4 nitrogen and oxygen atoms in total. The van der Waals surface area contributed by atoms with Crippen molar-refractivity contribution in [1.82, 2.24) is 15.2 Å². The van der Waals surface area contributed by atoms with Gasteiger partial charge >= 0.3 is 0 Å². The first-order valence-electron chi connectivity index (χ1n) is 3.75. The van der Waals surface area contributed by atoms with Crippen LogP contribution in [0.1, 0.15) is 5.56 Å². The van der Waals surface area contributed by atoms with E-state index < -0.39 is 0 Å². The number of rotatable bonds is 1. The van der Waals surface area contributed by atoms with Gasteiger partial charge in [-0.1, -0.05) is 0 Å². The second-order valence-electron chi connectivity index (χ2n) is 2.51. The molecular weight excluding hydrogens is 164 g/mol. The van der Waals surface area contributed by atoms with Crippen molar-refractivity contribution in [3.63, 3.8) is 0 Å². The molecule has 2 heterocycles. The van der Waals surface area contributed by atoms with Gasteiger partial charge in [-0.3, -0.25) is 10.1 Å². The van der Waals surface area contributed by atoms with Crippen molar-refractivity contribution in [2.24, 2.45) is 0 Å². The van der Waals surface area contributed by atoms with E-state index in [4.69, 9.17) is 5.26 Å². The molecule has 4 heteroatoms. The first kappa shape index (κ1) is 7.50. The minimum Gasteiger partial charge on any atom is -0.276 e. The summed E-state index contributed by atoms with van der Waals surface area (Å²) < 4.78 is 0. The fourth-order valence-electron chi connectivity index (χ4n) is 1.11. The molecule has 0 aromatic carbocycles. The van der Waals surface area contributed by atoms with E-state index in [1.54, 1.807) is 12.4 Å². The summed E-state index contributed by atoms with van der Waals surface area (Å²) in [6.07, 6.45) is 4.87. The quantitative estimate of drug-likeness (QED) is 0.702. The summed E-state index contributed by atoms with van der Waals surface area (Å²) in [5, 5.41) is 15.3. The van der Waals surface area contributed by atoms with E-state index in [2.05, 4.69) is 21.3 Å². The fraction of sp³-hybridized carbons (Fsp3) is 0. The van der Waals surface area contributed by atoms with Crippen molar-refractivity contribution in [2.75, 3.05) is 0 Å². The van der Waals surface area contributed by atoms with Crippen molar-refractivity contribution in [3.05, 3.63) is 36.3 Å². The van der Waals surface area contributed by atoms with Gasteiger partial charge in [0.2, 0.25) is 0 Å². The van der Waals surface area contributed by atoms with Crippen LogP contribution in [0.3, 0.4) is 0 Å². The Labute approximate surface area is 74.9 Å². The van der Waals surface area contributed by atoms with Crippen LogP contribution in [-0.4, -0.2) is 15.2 Å². The smallest absolute Gasteiger partial charge is 0.103 e. The first-order valence-corrected chi connectivity index (χ1v) is 3.75. The third kappa shape index (κ3) is 1.27. The summed E-state index contributed by atoms with van der Waals surface area (Å²) >= 11 is 0. The maximum absolute atomic E-state index is 8.74. The number of nitrogens with zero attached hydrogens (tertiary/aromatic N) is 3. The molecule has 0 saturated heterocycles. The molecule has 0 bridgehead atoms. The summed E-state index contributed by atoms with van der Waals surface area (Å²) in [5.74, 6) is 0. The SMILES string of the molecule is N#Cc1cn[nH]c1-c1ccncc1. The average Bonchev–Trinajstić information content (AvgIpc) is 2.67. The third-order valence-electron chi connectivity index (χ3n) is 1.73. The summed E-state index contributed by atoms with van der Waals surface area (Å²) in [4.78, 5) is 3.89. The Morgan fingerprint density at radius 2 is 2.08 bits per heavy atom. The van der Waals surface area contributed by atoms with Gasteiger partial charge in [-0.05, 0) is 12.1 Å². The zero-order chi connectivity index (χ0) is 9.10. The lowest BCUT2D eigenvalue weighted by Crippen LogP contribution is -1.81. The molecular formula is C9H6N4. The van der Waals surface area contributed by atoms with E-state index in [-0.39, 0.29) is 0 Å². The molecule has 0 saturated carbocycles. The fourth-order valence-corrected chi connectivity index (χ4v) is 1.11. The van der Waals surface area contributed by atoms with Gasteiger partial charge in [-0.2, -0.15) is 10.4 Å². The molecule has 1 N–H and O–H groups in total. The summed E-state index contributed by atoms with van der Waals surface area (Å²) in [6, 6.07) is 5.72. The molecule has 0 fully saturated rings. The number of aromatic nitrogens is 3. The lowest BCUT2D eigenvalue weighted by atomic mass is 10.1. The first-order chi connectivity index (χ1) is 6.42. The Bertz CT molecular complexity index is 438. The van der Waals surface area contributed by atoms with Gasteiger partial charge in [0.15, 0.2) is 0 Å². The highest BCUT2D eigenvalue weighted by atomic mass is 15.1. The lowest BCUT2D eigenvalue weighted by molar-refractivity contribution is 1.09. The zero-order valence-electron chi connectivity index (χ0n) is 6.73. The largest absolute Gasteiger partial charge is 0.276 e. The van der Waals surface area contributed by atoms with Crippen LogP contribution in [0, 0.1) is 11.3 Å². The number of pyridine rings is 1. The highest BCUT2D eigenvalue weighted by molar-refractivity contribution is 5.65. The molecule has 0 amide bonds. The normalized spacial score (nSPS) is 9.46. The molecule has 0 aliphatic carbocycles. The van der Waals surface area contributed by atoms with Gasteiger partial charge in [0, 0.05) is 18.0 Å². The van der Waals surface area contributed by atoms with Crippen molar-refractivity contribution < 1.29 is 0 Å². The second-order valence-corrected chi connectivity index (χ2v) is 2.51. The van der Waals surface area contributed by atoms with Gasteiger partial charge in [0.1, 0.15) is 6.07 Å². The molecule has 0 aliphatic heterocycles. The van der Waals surface area contributed by atoms with E-state index in [1.807, 2.05) is 12.1 Å². The van der Waals surface area contributed by atoms with E-state index in [0.29, 0.717) is 5.56 Å². The van der Waals surface area contributed by atoms with Crippen LogP contribution >= 0.6 is 0 Å². The minimum atomic E-state index is 0.547. The second kappa shape index (κ2) is 3.07. The van der Waals surface area contributed by atoms with E-state index in [0.717, 1.165) is 11.3 Å². The van der Waals surface area contributed by atoms with Gasteiger partial charge in [0.05, 0.1) is 17.5 Å². The Morgan fingerprint density at radius 3 is 2.77 bits per heavy atom. The van der Waals surface area contributed by atoms with Crippen LogP contribution in [0.25, 0.3) is 11.3 Å². The number of nitrogens with one attached hydrogen (secondary N) is 1. The monoisotopic (exact) mass is 170 g/mol. The molecule has 2 rings (SSSR count). The van der Waals surface area contributed by atoms with E-state index in [1.165, 1.54) is 6.20 Å². The lowest BCUT2D eigenvalue weighted by Gasteiger charge is -1.95. The average molecular weight is 170 g/mol. The molecule has 0 radical (unpaired) electrons. The van der Waals surface area contributed by atoms with Crippen LogP contribution in [0.15, 0.2) is 30.7 Å². The Kier molecular flexibility index (Phi) is 1.77. The predicted molar refractivity (Wildman–Crippen MR) is 46.5 cm³/mol. The molecule has 0 unspecified atom stereocenters.